The van der Waals surface area contributed by atoms with Crippen LogP contribution < -0.4 is 10.6 Å². The van der Waals surface area contributed by atoms with Gasteiger partial charge in [0.25, 0.3) is 0 Å². The molecule has 0 saturated heterocycles. The van der Waals surface area contributed by atoms with Crippen molar-refractivity contribution in [3.63, 3.8) is 0 Å². The van der Waals surface area contributed by atoms with Crippen LogP contribution >= 0.6 is 0 Å². The van der Waals surface area contributed by atoms with Crippen LogP contribution in [0, 0.1) is 22.7 Å². The standard InChI is InChI=1S/C19H11F3N6/c20-19(21,22)15-11-25-18(26-14-7-5-12(9-23)6-8-14)28-17(15)27-16-4-2-1-3-13(16)10-24/h1-8,11H,(H2,25,26,27,28). The minimum absolute atomic E-state index is 0.0744. The summed E-state index contributed by atoms with van der Waals surface area (Å²) in [5.74, 6) is -0.559. The lowest BCUT2D eigenvalue weighted by Crippen LogP contribution is -2.13. The summed E-state index contributed by atoms with van der Waals surface area (Å²) in [5, 5.41) is 23.3. The lowest BCUT2D eigenvalue weighted by Gasteiger charge is -2.15. The summed E-state index contributed by atoms with van der Waals surface area (Å²) in [6, 6.07) is 16.3. The monoisotopic (exact) mass is 380 g/mol. The van der Waals surface area contributed by atoms with Gasteiger partial charge in [0.1, 0.15) is 17.5 Å². The Bertz CT molecular complexity index is 1080. The maximum absolute atomic E-state index is 13.3. The highest BCUT2D eigenvalue weighted by atomic mass is 19.4. The predicted molar refractivity (Wildman–Crippen MR) is 95.9 cm³/mol. The van der Waals surface area contributed by atoms with Crippen molar-refractivity contribution in [3.05, 3.63) is 71.4 Å². The largest absolute Gasteiger partial charge is 0.421 e. The number of para-hydroxylation sites is 1. The number of aromatic nitrogens is 2. The van der Waals surface area contributed by atoms with Crippen molar-refractivity contribution in [2.24, 2.45) is 0 Å². The van der Waals surface area contributed by atoms with E-state index in [0.717, 1.165) is 0 Å². The van der Waals surface area contributed by atoms with Crippen molar-refractivity contribution in [1.29, 1.82) is 10.5 Å². The number of halogens is 3. The van der Waals surface area contributed by atoms with Gasteiger partial charge in [-0.1, -0.05) is 12.1 Å². The fraction of sp³-hybridized carbons (Fsp3) is 0.0526. The summed E-state index contributed by atoms with van der Waals surface area (Å²) in [6.45, 7) is 0. The van der Waals surface area contributed by atoms with E-state index >= 15 is 0 Å². The number of nitriles is 2. The molecule has 0 aliphatic heterocycles. The van der Waals surface area contributed by atoms with Crippen molar-refractivity contribution in [1.82, 2.24) is 9.97 Å². The van der Waals surface area contributed by atoms with Crippen molar-refractivity contribution in [2.45, 2.75) is 6.18 Å². The lowest BCUT2D eigenvalue weighted by molar-refractivity contribution is -0.137. The van der Waals surface area contributed by atoms with E-state index in [0.29, 0.717) is 17.4 Å². The number of alkyl halides is 3. The van der Waals surface area contributed by atoms with Crippen molar-refractivity contribution < 1.29 is 13.2 Å². The van der Waals surface area contributed by atoms with Crippen molar-refractivity contribution >= 4 is 23.1 Å². The van der Waals surface area contributed by atoms with Crippen LogP contribution in [-0.2, 0) is 6.18 Å². The van der Waals surface area contributed by atoms with Crippen LogP contribution in [0.5, 0.6) is 0 Å². The van der Waals surface area contributed by atoms with E-state index in [-0.39, 0.29) is 17.2 Å². The first-order chi connectivity index (χ1) is 13.4. The Hall–Kier alpha value is -4.11. The van der Waals surface area contributed by atoms with E-state index in [2.05, 4.69) is 20.6 Å². The van der Waals surface area contributed by atoms with Gasteiger partial charge in [0.05, 0.1) is 22.9 Å². The molecule has 0 spiro atoms. The first kappa shape index (κ1) is 18.7. The van der Waals surface area contributed by atoms with E-state index in [9.17, 15) is 13.2 Å². The molecule has 2 N–H and O–H groups in total. The number of nitrogens with zero attached hydrogens (tertiary/aromatic N) is 4. The molecule has 0 saturated carbocycles. The molecular formula is C19H11F3N6. The lowest BCUT2D eigenvalue weighted by atomic mass is 10.2. The van der Waals surface area contributed by atoms with Gasteiger partial charge in [-0.3, -0.25) is 0 Å². The van der Waals surface area contributed by atoms with E-state index in [1.165, 1.54) is 12.1 Å². The second kappa shape index (κ2) is 7.64. The summed E-state index contributed by atoms with van der Waals surface area (Å²) in [6.07, 6.45) is -4.02. The van der Waals surface area contributed by atoms with Gasteiger partial charge < -0.3 is 10.6 Å². The Morgan fingerprint density at radius 1 is 0.893 bits per heavy atom. The maximum Gasteiger partial charge on any atom is 0.421 e. The van der Waals surface area contributed by atoms with Crippen LogP contribution in [0.1, 0.15) is 16.7 Å². The van der Waals surface area contributed by atoms with Gasteiger partial charge in [-0.05, 0) is 36.4 Å². The molecule has 0 amide bonds. The van der Waals surface area contributed by atoms with Crippen LogP contribution in [0.15, 0.2) is 54.7 Å². The zero-order valence-electron chi connectivity index (χ0n) is 14.1. The molecule has 0 unspecified atom stereocenters. The SMILES string of the molecule is N#Cc1ccc(Nc2ncc(C(F)(F)F)c(Nc3ccccc3C#N)n2)cc1. The molecule has 0 radical (unpaired) electrons. The fourth-order valence-corrected chi connectivity index (χ4v) is 2.32. The Morgan fingerprint density at radius 2 is 1.61 bits per heavy atom. The number of rotatable bonds is 4. The molecule has 3 aromatic rings. The number of benzene rings is 2. The molecule has 0 aliphatic rings. The zero-order chi connectivity index (χ0) is 20.1. The molecule has 6 nitrogen and oxygen atoms in total. The van der Waals surface area contributed by atoms with Gasteiger partial charge in [-0.2, -0.15) is 28.7 Å². The number of anilines is 4. The molecule has 0 fully saturated rings. The quantitative estimate of drug-likeness (QED) is 0.679. The molecule has 1 heterocycles. The fourth-order valence-electron chi connectivity index (χ4n) is 2.32. The van der Waals surface area contributed by atoms with Gasteiger partial charge in [0.15, 0.2) is 0 Å². The first-order valence-electron chi connectivity index (χ1n) is 7.88. The normalized spacial score (nSPS) is 10.6. The van der Waals surface area contributed by atoms with Crippen LogP contribution in [-0.4, -0.2) is 9.97 Å². The summed E-state index contributed by atoms with van der Waals surface area (Å²) >= 11 is 0. The molecule has 138 valence electrons. The minimum Gasteiger partial charge on any atom is -0.338 e. The highest BCUT2D eigenvalue weighted by molar-refractivity contribution is 5.67. The molecule has 0 atom stereocenters. The van der Waals surface area contributed by atoms with E-state index in [1.807, 2.05) is 12.1 Å². The topological polar surface area (TPSA) is 97.4 Å². The molecule has 1 aromatic heterocycles. The van der Waals surface area contributed by atoms with Gasteiger partial charge in [0, 0.05) is 11.9 Å². The van der Waals surface area contributed by atoms with Gasteiger partial charge in [-0.15, -0.1) is 0 Å². The van der Waals surface area contributed by atoms with Gasteiger partial charge in [0.2, 0.25) is 5.95 Å². The number of hydrogen-bond donors (Lipinski definition) is 2. The second-order valence-electron chi connectivity index (χ2n) is 5.55. The van der Waals surface area contributed by atoms with Crippen molar-refractivity contribution in [2.75, 3.05) is 10.6 Å². The third kappa shape index (κ3) is 4.17. The smallest absolute Gasteiger partial charge is 0.338 e. The van der Waals surface area contributed by atoms with Crippen molar-refractivity contribution in [3.8, 4) is 12.1 Å². The third-order valence-corrected chi connectivity index (χ3v) is 3.66. The Balaban J connectivity index is 1.97. The zero-order valence-corrected chi connectivity index (χ0v) is 14.1. The average molecular weight is 380 g/mol. The van der Waals surface area contributed by atoms with Crippen LogP contribution in [0.25, 0.3) is 0 Å². The molecule has 9 heteroatoms. The highest BCUT2D eigenvalue weighted by Crippen LogP contribution is 2.35. The van der Waals surface area contributed by atoms with Crippen LogP contribution in [0.4, 0.5) is 36.3 Å². The van der Waals surface area contributed by atoms with Gasteiger partial charge in [-0.25, -0.2) is 4.98 Å². The van der Waals surface area contributed by atoms with E-state index < -0.39 is 17.6 Å². The molecule has 3 rings (SSSR count). The van der Waals surface area contributed by atoms with E-state index in [1.54, 1.807) is 36.4 Å². The Labute approximate surface area is 157 Å². The van der Waals surface area contributed by atoms with E-state index in [4.69, 9.17) is 10.5 Å². The molecule has 2 aromatic carbocycles. The highest BCUT2D eigenvalue weighted by Gasteiger charge is 2.35. The molecular weight excluding hydrogens is 369 g/mol. The van der Waals surface area contributed by atoms with Gasteiger partial charge >= 0.3 is 6.18 Å². The Morgan fingerprint density at radius 3 is 2.25 bits per heavy atom. The molecule has 0 aliphatic carbocycles. The molecule has 28 heavy (non-hydrogen) atoms. The summed E-state index contributed by atoms with van der Waals surface area (Å²) in [5.41, 5.74) is 0.247. The molecule has 0 bridgehead atoms. The summed E-state index contributed by atoms with van der Waals surface area (Å²) in [7, 11) is 0. The van der Waals surface area contributed by atoms with Crippen LogP contribution in [0.2, 0.25) is 0 Å². The minimum atomic E-state index is -4.68. The predicted octanol–water partition coefficient (Wildman–Crippen LogP) is 4.73. The first-order valence-corrected chi connectivity index (χ1v) is 7.88. The van der Waals surface area contributed by atoms with Crippen LogP contribution in [0.3, 0.4) is 0 Å². The summed E-state index contributed by atoms with van der Waals surface area (Å²) < 4.78 is 40.0. The number of nitrogens with one attached hydrogen (secondary N) is 2. The second-order valence-corrected chi connectivity index (χ2v) is 5.55. The summed E-state index contributed by atoms with van der Waals surface area (Å²) in [4.78, 5) is 7.64. The Kier molecular flexibility index (Phi) is 5.10. The third-order valence-electron chi connectivity index (χ3n) is 3.66. The number of hydrogen-bond acceptors (Lipinski definition) is 6. The average Bonchev–Trinajstić information content (AvgIpc) is 2.68. The maximum atomic E-state index is 13.3.